The molecule has 1 aliphatic rings. The molecule has 3 N–H and O–H groups in total. The van der Waals surface area contributed by atoms with Crippen molar-refractivity contribution >= 4 is 29.2 Å². The van der Waals surface area contributed by atoms with Crippen LogP contribution in [0.4, 0.5) is 5.82 Å². The Bertz CT molecular complexity index is 877. The number of aryl methyl sites for hydroxylation is 1. The molecule has 1 atom stereocenters. The summed E-state index contributed by atoms with van der Waals surface area (Å²) in [6, 6.07) is 4.50. The van der Waals surface area contributed by atoms with E-state index in [0.29, 0.717) is 41.5 Å². The Hall–Kier alpha value is -2.74. The number of nitrogens with two attached hydrogens (primary N) is 1. The van der Waals surface area contributed by atoms with Crippen LogP contribution in [-0.2, 0) is 11.2 Å². The Morgan fingerprint density at radius 3 is 2.67 bits per heavy atom. The highest BCUT2D eigenvalue weighted by molar-refractivity contribution is 6.30. The minimum Gasteiger partial charge on any atom is -0.383 e. The molecule has 0 radical (unpaired) electrons. The van der Waals surface area contributed by atoms with Crippen molar-refractivity contribution in [3.8, 4) is 0 Å². The number of pyridine rings is 1. The Labute approximate surface area is 181 Å². The van der Waals surface area contributed by atoms with E-state index in [1.165, 1.54) is 0 Å². The average molecular weight is 431 g/mol. The topological polar surface area (TPSA) is 114 Å². The van der Waals surface area contributed by atoms with Crippen molar-refractivity contribution in [2.75, 3.05) is 18.8 Å². The number of aromatic nitrogens is 3. The summed E-state index contributed by atoms with van der Waals surface area (Å²) in [6.45, 7) is 4.80. The standard InChI is InChI=1S/C21H27ClN6O2/c1-13(25-20(29)17-5-3-4-10-24-17)21(30)28-11-8-15(9-12-28)6-7-16-18(22)26-14(2)27-19(16)23/h3-5,10,13,15H,6-9,11-12H2,1-2H3,(H,25,29)(H2,23,26,27)/t13-/m0/s1. The molecule has 0 bridgehead atoms. The number of halogens is 1. The van der Waals surface area contributed by atoms with Gasteiger partial charge < -0.3 is 16.0 Å². The number of nitrogens with zero attached hydrogens (tertiary/aromatic N) is 4. The van der Waals surface area contributed by atoms with Gasteiger partial charge in [-0.05, 0) is 57.6 Å². The molecule has 0 saturated carbocycles. The molecule has 3 heterocycles. The lowest BCUT2D eigenvalue weighted by Gasteiger charge is -2.33. The van der Waals surface area contributed by atoms with Crippen LogP contribution in [-0.4, -0.2) is 50.8 Å². The van der Waals surface area contributed by atoms with E-state index >= 15 is 0 Å². The van der Waals surface area contributed by atoms with Crippen molar-refractivity contribution in [3.63, 3.8) is 0 Å². The van der Waals surface area contributed by atoms with Gasteiger partial charge >= 0.3 is 0 Å². The molecule has 160 valence electrons. The lowest BCUT2D eigenvalue weighted by Crippen LogP contribution is -2.49. The van der Waals surface area contributed by atoms with Crippen LogP contribution in [0.15, 0.2) is 24.4 Å². The molecule has 0 aromatic carbocycles. The first-order chi connectivity index (χ1) is 14.3. The summed E-state index contributed by atoms with van der Waals surface area (Å²) in [5.74, 6) is 1.07. The average Bonchev–Trinajstić information content (AvgIpc) is 2.73. The molecule has 1 aliphatic heterocycles. The summed E-state index contributed by atoms with van der Waals surface area (Å²) in [4.78, 5) is 39.1. The Morgan fingerprint density at radius 2 is 2.03 bits per heavy atom. The summed E-state index contributed by atoms with van der Waals surface area (Å²) in [5.41, 5.74) is 7.08. The van der Waals surface area contributed by atoms with Crippen LogP contribution in [0, 0.1) is 12.8 Å². The van der Waals surface area contributed by atoms with Gasteiger partial charge in [0, 0.05) is 24.8 Å². The number of piperidine rings is 1. The number of nitrogen functional groups attached to an aromatic ring is 1. The predicted molar refractivity (Wildman–Crippen MR) is 115 cm³/mol. The first-order valence-corrected chi connectivity index (χ1v) is 10.5. The second-order valence-electron chi connectivity index (χ2n) is 7.64. The Balaban J connectivity index is 1.47. The van der Waals surface area contributed by atoms with Crippen LogP contribution in [0.2, 0.25) is 5.15 Å². The van der Waals surface area contributed by atoms with Gasteiger partial charge in [-0.25, -0.2) is 9.97 Å². The number of hydrogen-bond donors (Lipinski definition) is 2. The van der Waals surface area contributed by atoms with Gasteiger partial charge in [-0.3, -0.25) is 14.6 Å². The van der Waals surface area contributed by atoms with Gasteiger partial charge in [0.15, 0.2) is 0 Å². The Morgan fingerprint density at radius 1 is 1.30 bits per heavy atom. The van der Waals surface area contributed by atoms with Crippen molar-refractivity contribution in [2.24, 2.45) is 5.92 Å². The predicted octanol–water partition coefficient (Wildman–Crippen LogP) is 2.41. The van der Waals surface area contributed by atoms with E-state index in [4.69, 9.17) is 17.3 Å². The molecular weight excluding hydrogens is 404 g/mol. The monoisotopic (exact) mass is 430 g/mol. The van der Waals surface area contributed by atoms with E-state index < -0.39 is 6.04 Å². The first kappa shape index (κ1) is 22.0. The highest BCUT2D eigenvalue weighted by atomic mass is 35.5. The molecule has 1 fully saturated rings. The van der Waals surface area contributed by atoms with Crippen molar-refractivity contribution in [1.29, 1.82) is 0 Å². The molecule has 2 aromatic heterocycles. The number of anilines is 1. The van der Waals surface area contributed by atoms with Crippen molar-refractivity contribution < 1.29 is 9.59 Å². The quantitative estimate of drug-likeness (QED) is 0.680. The van der Waals surface area contributed by atoms with Crippen LogP contribution in [0.3, 0.4) is 0 Å². The summed E-state index contributed by atoms with van der Waals surface area (Å²) in [6.07, 6.45) is 4.99. The van der Waals surface area contributed by atoms with Gasteiger partial charge in [-0.1, -0.05) is 17.7 Å². The summed E-state index contributed by atoms with van der Waals surface area (Å²) >= 11 is 6.21. The van der Waals surface area contributed by atoms with Gasteiger partial charge in [0.05, 0.1) is 0 Å². The van der Waals surface area contributed by atoms with Gasteiger partial charge in [0.1, 0.15) is 28.5 Å². The van der Waals surface area contributed by atoms with Crippen LogP contribution >= 0.6 is 11.6 Å². The number of carbonyl (C=O) groups is 2. The summed E-state index contributed by atoms with van der Waals surface area (Å²) < 4.78 is 0. The van der Waals surface area contributed by atoms with Crippen LogP contribution < -0.4 is 11.1 Å². The van der Waals surface area contributed by atoms with Gasteiger partial charge in [0.25, 0.3) is 5.91 Å². The van der Waals surface area contributed by atoms with Crippen molar-refractivity contribution in [1.82, 2.24) is 25.2 Å². The fraction of sp³-hybridized carbons (Fsp3) is 0.476. The fourth-order valence-electron chi connectivity index (χ4n) is 3.71. The number of likely N-dealkylation sites (tertiary alicyclic amines) is 1. The van der Waals surface area contributed by atoms with Crippen molar-refractivity contribution in [3.05, 3.63) is 46.6 Å². The summed E-state index contributed by atoms with van der Waals surface area (Å²) in [5, 5.41) is 3.15. The van der Waals surface area contributed by atoms with E-state index in [1.54, 1.807) is 38.2 Å². The van der Waals surface area contributed by atoms with Crippen LogP contribution in [0.25, 0.3) is 0 Å². The number of carbonyl (C=O) groups excluding carboxylic acids is 2. The molecule has 30 heavy (non-hydrogen) atoms. The zero-order valence-electron chi connectivity index (χ0n) is 17.3. The summed E-state index contributed by atoms with van der Waals surface area (Å²) in [7, 11) is 0. The van der Waals surface area contributed by atoms with E-state index in [2.05, 4.69) is 20.3 Å². The highest BCUT2D eigenvalue weighted by Crippen LogP contribution is 2.26. The van der Waals surface area contributed by atoms with E-state index in [0.717, 1.165) is 31.2 Å². The molecular formula is C21H27ClN6O2. The maximum absolute atomic E-state index is 12.7. The maximum Gasteiger partial charge on any atom is 0.270 e. The number of hydrogen-bond acceptors (Lipinski definition) is 6. The molecule has 2 aromatic rings. The van der Waals surface area contributed by atoms with Crippen LogP contribution in [0.1, 0.15) is 48.1 Å². The molecule has 0 unspecified atom stereocenters. The van der Waals surface area contributed by atoms with Gasteiger partial charge in [-0.15, -0.1) is 0 Å². The molecule has 3 rings (SSSR count). The minimum atomic E-state index is -0.598. The fourth-order valence-corrected chi connectivity index (χ4v) is 4.02. The third-order valence-electron chi connectivity index (χ3n) is 5.44. The smallest absolute Gasteiger partial charge is 0.270 e. The third-order valence-corrected chi connectivity index (χ3v) is 5.76. The molecule has 9 heteroatoms. The zero-order valence-corrected chi connectivity index (χ0v) is 18.0. The Kier molecular flexibility index (Phi) is 7.20. The third kappa shape index (κ3) is 5.44. The number of amides is 2. The molecule has 2 amide bonds. The lowest BCUT2D eigenvalue weighted by atomic mass is 9.90. The first-order valence-electron chi connectivity index (χ1n) is 10.1. The largest absolute Gasteiger partial charge is 0.383 e. The van der Waals surface area contributed by atoms with E-state index in [-0.39, 0.29) is 11.8 Å². The minimum absolute atomic E-state index is 0.0723. The lowest BCUT2D eigenvalue weighted by molar-refractivity contribution is -0.134. The second-order valence-corrected chi connectivity index (χ2v) is 8.00. The SMILES string of the molecule is Cc1nc(N)c(CCC2CCN(C(=O)[C@H](C)NC(=O)c3ccccn3)CC2)c(Cl)n1. The number of rotatable bonds is 6. The number of nitrogens with one attached hydrogen (secondary N) is 1. The molecule has 1 saturated heterocycles. The van der Waals surface area contributed by atoms with Gasteiger partial charge in [-0.2, -0.15) is 0 Å². The van der Waals surface area contributed by atoms with Crippen LogP contribution in [0.5, 0.6) is 0 Å². The van der Waals surface area contributed by atoms with E-state index in [9.17, 15) is 9.59 Å². The molecule has 0 spiro atoms. The maximum atomic E-state index is 12.7. The molecule has 0 aliphatic carbocycles. The van der Waals surface area contributed by atoms with Gasteiger partial charge in [0.2, 0.25) is 5.91 Å². The normalized spacial score (nSPS) is 15.6. The molecule has 8 nitrogen and oxygen atoms in total. The second kappa shape index (κ2) is 9.84. The highest BCUT2D eigenvalue weighted by Gasteiger charge is 2.27. The van der Waals surface area contributed by atoms with E-state index in [1.807, 2.05) is 4.90 Å². The van der Waals surface area contributed by atoms with Crippen molar-refractivity contribution in [2.45, 2.75) is 45.6 Å². The zero-order chi connectivity index (χ0) is 21.7.